The summed E-state index contributed by atoms with van der Waals surface area (Å²) >= 11 is 0. The van der Waals surface area contributed by atoms with Gasteiger partial charge in [-0.15, -0.1) is 0 Å². The van der Waals surface area contributed by atoms with Crippen molar-refractivity contribution in [1.82, 2.24) is 0 Å². The molecule has 3 atom stereocenters. The third kappa shape index (κ3) is 2.41. The zero-order chi connectivity index (χ0) is 13.5. The molecular weight excluding hydrogens is 242 g/mol. The molecule has 0 heterocycles. The van der Waals surface area contributed by atoms with Crippen molar-refractivity contribution in [2.45, 2.75) is 63.3 Å². The van der Waals surface area contributed by atoms with Crippen LogP contribution in [-0.4, -0.2) is 0 Å². The molecule has 1 heteroatoms. The Kier molecular flexibility index (Phi) is 3.34. The molecule has 0 bridgehead atoms. The van der Waals surface area contributed by atoms with Gasteiger partial charge < -0.3 is 5.73 Å². The van der Waals surface area contributed by atoms with Crippen molar-refractivity contribution in [3.05, 3.63) is 35.4 Å². The van der Waals surface area contributed by atoms with Crippen molar-refractivity contribution >= 4 is 0 Å². The summed E-state index contributed by atoms with van der Waals surface area (Å²) in [4.78, 5) is 0. The molecule has 1 aromatic carbocycles. The first-order valence-electron chi connectivity index (χ1n) is 8.66. The van der Waals surface area contributed by atoms with Gasteiger partial charge in [0.2, 0.25) is 0 Å². The molecule has 0 aliphatic heterocycles. The number of benzene rings is 1. The average Bonchev–Trinajstić information content (AvgIpc) is 3.13. The number of nitrogens with two attached hydrogens (primary N) is 1. The predicted molar refractivity (Wildman–Crippen MR) is 83.5 cm³/mol. The molecule has 0 amide bonds. The van der Waals surface area contributed by atoms with Gasteiger partial charge in [0.15, 0.2) is 0 Å². The highest BCUT2D eigenvalue weighted by atomic mass is 14.7. The van der Waals surface area contributed by atoms with Crippen molar-refractivity contribution in [3.63, 3.8) is 0 Å². The van der Waals surface area contributed by atoms with E-state index in [-0.39, 0.29) is 6.04 Å². The predicted octanol–water partition coefficient (Wildman–Crippen LogP) is 4.78. The Balaban J connectivity index is 1.43. The molecule has 0 spiro atoms. The Labute approximate surface area is 122 Å². The number of fused-ring (bicyclic) bond motifs is 1. The van der Waals surface area contributed by atoms with E-state index in [1.807, 2.05) is 0 Å². The van der Waals surface area contributed by atoms with Crippen LogP contribution >= 0.6 is 0 Å². The van der Waals surface area contributed by atoms with Crippen molar-refractivity contribution in [2.75, 3.05) is 0 Å². The monoisotopic (exact) mass is 269 g/mol. The summed E-state index contributed by atoms with van der Waals surface area (Å²) in [5.74, 6) is 3.63. The zero-order valence-corrected chi connectivity index (χ0v) is 12.4. The van der Waals surface area contributed by atoms with E-state index in [9.17, 15) is 0 Å². The van der Waals surface area contributed by atoms with E-state index < -0.39 is 0 Å². The minimum atomic E-state index is 0.281. The lowest BCUT2D eigenvalue weighted by Crippen LogP contribution is -2.20. The molecule has 3 saturated carbocycles. The van der Waals surface area contributed by atoms with Crippen LogP contribution in [0, 0.1) is 17.8 Å². The maximum Gasteiger partial charge on any atom is 0.0323 e. The summed E-state index contributed by atoms with van der Waals surface area (Å²) in [7, 11) is 0. The fourth-order valence-electron chi connectivity index (χ4n) is 4.75. The van der Waals surface area contributed by atoms with E-state index >= 15 is 0 Å². The maximum atomic E-state index is 6.51. The summed E-state index contributed by atoms with van der Waals surface area (Å²) in [6, 6.07) is 9.64. The van der Waals surface area contributed by atoms with Crippen LogP contribution in [0.15, 0.2) is 24.3 Å². The number of hydrogen-bond acceptors (Lipinski definition) is 1. The lowest BCUT2D eigenvalue weighted by Gasteiger charge is -2.24. The van der Waals surface area contributed by atoms with E-state index in [1.165, 1.54) is 56.9 Å². The standard InChI is InChI=1S/C19H27N/c20-19(18-11-16-10-17(16)12-18)15-8-6-14(7-9-15)13-4-2-1-3-5-13/h6-9,13,16-19H,1-5,10-12,20H2. The normalized spacial score (nSPS) is 34.8. The van der Waals surface area contributed by atoms with Gasteiger partial charge in [-0.25, -0.2) is 0 Å². The summed E-state index contributed by atoms with van der Waals surface area (Å²) in [6.07, 6.45) is 11.3. The molecule has 2 N–H and O–H groups in total. The van der Waals surface area contributed by atoms with Crippen molar-refractivity contribution in [3.8, 4) is 0 Å². The second-order valence-electron chi connectivity index (χ2n) is 7.51. The van der Waals surface area contributed by atoms with Gasteiger partial charge in [0, 0.05) is 6.04 Å². The van der Waals surface area contributed by atoms with Gasteiger partial charge in [-0.05, 0) is 66.9 Å². The van der Waals surface area contributed by atoms with Gasteiger partial charge >= 0.3 is 0 Å². The molecule has 108 valence electrons. The van der Waals surface area contributed by atoms with Crippen LogP contribution in [0.1, 0.15) is 74.5 Å². The molecule has 0 saturated heterocycles. The molecule has 0 aromatic heterocycles. The quantitative estimate of drug-likeness (QED) is 0.839. The van der Waals surface area contributed by atoms with Gasteiger partial charge in [-0.1, -0.05) is 43.5 Å². The van der Waals surface area contributed by atoms with E-state index in [0.29, 0.717) is 0 Å². The van der Waals surface area contributed by atoms with E-state index in [2.05, 4.69) is 24.3 Å². The van der Waals surface area contributed by atoms with Gasteiger partial charge in [0.05, 0.1) is 0 Å². The van der Waals surface area contributed by atoms with Gasteiger partial charge in [-0.2, -0.15) is 0 Å². The summed E-state index contributed by atoms with van der Waals surface area (Å²) in [6.45, 7) is 0. The van der Waals surface area contributed by atoms with Gasteiger partial charge in [-0.3, -0.25) is 0 Å². The Bertz CT molecular complexity index is 447. The van der Waals surface area contributed by atoms with Crippen LogP contribution in [-0.2, 0) is 0 Å². The molecule has 3 aliphatic rings. The summed E-state index contributed by atoms with van der Waals surface area (Å²) in [5, 5.41) is 0. The van der Waals surface area contributed by atoms with Crippen molar-refractivity contribution < 1.29 is 0 Å². The minimum Gasteiger partial charge on any atom is -0.324 e. The first-order valence-corrected chi connectivity index (χ1v) is 8.66. The third-order valence-electron chi connectivity index (χ3n) is 6.19. The molecule has 3 fully saturated rings. The summed E-state index contributed by atoms with van der Waals surface area (Å²) < 4.78 is 0. The van der Waals surface area contributed by atoms with Gasteiger partial charge in [0.25, 0.3) is 0 Å². The summed E-state index contributed by atoms with van der Waals surface area (Å²) in [5.41, 5.74) is 9.43. The van der Waals surface area contributed by atoms with Gasteiger partial charge in [0.1, 0.15) is 0 Å². The van der Waals surface area contributed by atoms with E-state index in [1.54, 1.807) is 5.56 Å². The fraction of sp³-hybridized carbons (Fsp3) is 0.684. The van der Waals surface area contributed by atoms with Crippen LogP contribution in [0.3, 0.4) is 0 Å². The Hall–Kier alpha value is -0.820. The highest BCUT2D eigenvalue weighted by Gasteiger charge is 2.47. The molecule has 3 unspecified atom stereocenters. The van der Waals surface area contributed by atoms with Crippen LogP contribution in [0.2, 0.25) is 0 Å². The van der Waals surface area contributed by atoms with Crippen LogP contribution in [0.25, 0.3) is 0 Å². The molecule has 1 aromatic rings. The zero-order valence-electron chi connectivity index (χ0n) is 12.4. The van der Waals surface area contributed by atoms with E-state index in [0.717, 1.165) is 23.7 Å². The molecular formula is C19H27N. The van der Waals surface area contributed by atoms with E-state index in [4.69, 9.17) is 5.73 Å². The molecule has 20 heavy (non-hydrogen) atoms. The largest absolute Gasteiger partial charge is 0.324 e. The number of rotatable bonds is 3. The topological polar surface area (TPSA) is 26.0 Å². The van der Waals surface area contributed by atoms with Crippen LogP contribution < -0.4 is 5.73 Å². The first-order chi connectivity index (χ1) is 9.81. The number of hydrogen-bond donors (Lipinski definition) is 1. The molecule has 4 rings (SSSR count). The average molecular weight is 269 g/mol. The second-order valence-corrected chi connectivity index (χ2v) is 7.51. The lowest BCUT2D eigenvalue weighted by molar-refractivity contribution is 0.403. The highest BCUT2D eigenvalue weighted by Crippen LogP contribution is 2.56. The second kappa shape index (κ2) is 5.18. The maximum absolute atomic E-state index is 6.51. The Morgan fingerprint density at radius 1 is 0.850 bits per heavy atom. The minimum absolute atomic E-state index is 0.281. The molecule has 1 nitrogen and oxygen atoms in total. The molecule has 0 radical (unpaired) electrons. The van der Waals surface area contributed by atoms with Crippen molar-refractivity contribution in [1.29, 1.82) is 0 Å². The highest BCUT2D eigenvalue weighted by molar-refractivity contribution is 5.28. The Morgan fingerprint density at radius 3 is 2.15 bits per heavy atom. The SMILES string of the molecule is NC(c1ccc(C2CCCCC2)cc1)C1CC2CC2C1. The lowest BCUT2D eigenvalue weighted by atomic mass is 9.83. The fourth-order valence-corrected chi connectivity index (χ4v) is 4.75. The van der Waals surface area contributed by atoms with Crippen LogP contribution in [0.5, 0.6) is 0 Å². The third-order valence-corrected chi connectivity index (χ3v) is 6.19. The molecule has 3 aliphatic carbocycles. The first kappa shape index (κ1) is 12.9. The van der Waals surface area contributed by atoms with Crippen molar-refractivity contribution in [2.24, 2.45) is 23.5 Å². The smallest absolute Gasteiger partial charge is 0.0323 e. The van der Waals surface area contributed by atoms with Crippen LogP contribution in [0.4, 0.5) is 0 Å². The Morgan fingerprint density at radius 2 is 1.50 bits per heavy atom.